The van der Waals surface area contributed by atoms with Gasteiger partial charge in [-0.3, -0.25) is 4.79 Å². The molecule has 3 aromatic carbocycles. The topological polar surface area (TPSA) is 81.4 Å². The Balaban J connectivity index is 2.05. The fourth-order valence-electron chi connectivity index (χ4n) is 2.66. The van der Waals surface area contributed by atoms with E-state index in [-0.39, 0.29) is 21.4 Å². The van der Waals surface area contributed by atoms with Crippen LogP contribution in [0.25, 0.3) is 0 Å². The van der Waals surface area contributed by atoms with Gasteiger partial charge >= 0.3 is 6.18 Å². The second-order valence-electron chi connectivity index (χ2n) is 6.13. The van der Waals surface area contributed by atoms with Crippen molar-refractivity contribution in [1.82, 2.24) is 0 Å². The fraction of sp³-hybridized carbons (Fsp3) is 0.0500. The van der Waals surface area contributed by atoms with E-state index in [2.05, 4.69) is 5.32 Å². The summed E-state index contributed by atoms with van der Waals surface area (Å²) in [4.78, 5) is 13.0. The minimum absolute atomic E-state index is 0.0732. The van der Waals surface area contributed by atoms with Gasteiger partial charge in [-0.15, -0.1) is 0 Å². The highest BCUT2D eigenvalue weighted by Gasteiger charge is 2.37. The van der Waals surface area contributed by atoms with Crippen LogP contribution in [0.4, 0.5) is 23.2 Å². The number of hydrogen-bond acceptors (Lipinski definition) is 3. The summed E-state index contributed by atoms with van der Waals surface area (Å²) in [5.74, 6) is -2.39. The third kappa shape index (κ3) is 5.40. The summed E-state index contributed by atoms with van der Waals surface area (Å²) in [6, 6.07) is 11.5. The molecule has 0 radical (unpaired) electrons. The van der Waals surface area contributed by atoms with Gasteiger partial charge in [-0.1, -0.05) is 23.7 Å². The number of rotatable bonds is 5. The minimum Gasteiger partial charge on any atom is -0.455 e. The van der Waals surface area contributed by atoms with Crippen LogP contribution in [0.15, 0.2) is 65.6 Å². The first kappa shape index (κ1) is 22.7. The molecule has 0 aliphatic heterocycles. The van der Waals surface area contributed by atoms with Gasteiger partial charge in [0.2, 0.25) is 0 Å². The zero-order valence-electron chi connectivity index (χ0n) is 15.4. The number of hydrogen-bond donors (Lipinski definition) is 2. The first-order chi connectivity index (χ1) is 14.6. The number of halogens is 5. The zero-order valence-corrected chi connectivity index (χ0v) is 16.9. The number of carbonyl (C=O) groups is 1. The average Bonchev–Trinajstić information content (AvgIpc) is 2.69. The molecular formula is C20H13ClF4N2O3S. The molecule has 0 heterocycles. The van der Waals surface area contributed by atoms with Crippen molar-refractivity contribution in [2.75, 3.05) is 5.32 Å². The number of anilines is 1. The fourth-order valence-corrected chi connectivity index (χ4v) is 3.32. The van der Waals surface area contributed by atoms with Gasteiger partial charge in [-0.2, -0.15) is 13.2 Å². The molecule has 1 atom stereocenters. The van der Waals surface area contributed by atoms with Crippen molar-refractivity contribution in [3.8, 4) is 11.5 Å². The maximum atomic E-state index is 13.6. The Kier molecular flexibility index (Phi) is 6.63. The summed E-state index contributed by atoms with van der Waals surface area (Å²) in [5, 5.41) is 7.41. The van der Waals surface area contributed by atoms with Gasteiger partial charge in [-0.25, -0.2) is 13.7 Å². The van der Waals surface area contributed by atoms with E-state index in [4.69, 9.17) is 21.5 Å². The molecule has 31 heavy (non-hydrogen) atoms. The third-order valence-corrected chi connectivity index (χ3v) is 5.01. The number of alkyl halides is 3. The highest BCUT2D eigenvalue weighted by Crippen LogP contribution is 2.39. The average molecular weight is 473 g/mol. The maximum absolute atomic E-state index is 13.6. The van der Waals surface area contributed by atoms with Crippen molar-refractivity contribution in [3.05, 3.63) is 82.6 Å². The Morgan fingerprint density at radius 1 is 1.03 bits per heavy atom. The van der Waals surface area contributed by atoms with Crippen LogP contribution < -0.4 is 15.2 Å². The summed E-state index contributed by atoms with van der Waals surface area (Å²) in [7, 11) is -1.85. The number of carbonyl (C=O) groups excluding carboxylic acids is 1. The van der Waals surface area contributed by atoms with E-state index in [0.717, 1.165) is 36.4 Å². The lowest BCUT2D eigenvalue weighted by Gasteiger charge is -2.17. The predicted octanol–water partition coefficient (Wildman–Crippen LogP) is 5.52. The Bertz CT molecular complexity index is 1170. The number of benzene rings is 3. The molecule has 0 fully saturated rings. The molecule has 3 rings (SSSR count). The van der Waals surface area contributed by atoms with E-state index >= 15 is 0 Å². The summed E-state index contributed by atoms with van der Waals surface area (Å²) in [6.45, 7) is 0. The third-order valence-electron chi connectivity index (χ3n) is 4.00. The Morgan fingerprint density at radius 3 is 2.39 bits per heavy atom. The minimum atomic E-state index is -4.88. The van der Waals surface area contributed by atoms with Crippen LogP contribution in [-0.2, 0) is 17.2 Å². The molecule has 0 aliphatic carbocycles. The lowest BCUT2D eigenvalue weighted by Crippen LogP contribution is -2.20. The molecule has 3 N–H and O–H groups in total. The first-order valence-electron chi connectivity index (χ1n) is 8.47. The van der Waals surface area contributed by atoms with Crippen molar-refractivity contribution in [1.29, 1.82) is 0 Å². The van der Waals surface area contributed by atoms with Crippen molar-refractivity contribution in [3.63, 3.8) is 0 Å². The van der Waals surface area contributed by atoms with Gasteiger partial charge in [-0.05, 0) is 48.5 Å². The molecular weight excluding hydrogens is 460 g/mol. The second-order valence-corrected chi connectivity index (χ2v) is 7.61. The molecule has 162 valence electrons. The highest BCUT2D eigenvalue weighted by molar-refractivity contribution is 7.82. The number of nitrogens with one attached hydrogen (secondary N) is 1. The number of amides is 1. The zero-order chi connectivity index (χ0) is 22.8. The highest BCUT2D eigenvalue weighted by atomic mass is 35.5. The van der Waals surface area contributed by atoms with Crippen LogP contribution in [0.2, 0.25) is 5.02 Å². The maximum Gasteiger partial charge on any atom is 0.417 e. The molecule has 0 bridgehead atoms. The largest absolute Gasteiger partial charge is 0.455 e. The molecule has 11 heteroatoms. The SMILES string of the molecule is NS(=O)c1cccc(NC(=O)c2c(Oc3ccc(F)cc3Cl)cccc2C(F)(F)F)c1. The van der Waals surface area contributed by atoms with Crippen LogP contribution in [0.3, 0.4) is 0 Å². The van der Waals surface area contributed by atoms with Gasteiger partial charge in [0.05, 0.1) is 21.0 Å². The van der Waals surface area contributed by atoms with Crippen molar-refractivity contribution in [2.24, 2.45) is 5.14 Å². The van der Waals surface area contributed by atoms with E-state index in [1.807, 2.05) is 0 Å². The van der Waals surface area contributed by atoms with Crippen LogP contribution >= 0.6 is 11.6 Å². The van der Waals surface area contributed by atoms with E-state index in [1.165, 1.54) is 24.3 Å². The van der Waals surface area contributed by atoms with Crippen molar-refractivity contribution < 1.29 is 31.3 Å². The van der Waals surface area contributed by atoms with Gasteiger partial charge in [0.15, 0.2) is 0 Å². The van der Waals surface area contributed by atoms with E-state index < -0.39 is 45.8 Å². The van der Waals surface area contributed by atoms with Gasteiger partial charge in [0, 0.05) is 5.69 Å². The summed E-state index contributed by atoms with van der Waals surface area (Å²) < 4.78 is 70.9. The monoisotopic (exact) mass is 472 g/mol. The summed E-state index contributed by atoms with van der Waals surface area (Å²) in [5.41, 5.74) is -1.99. The van der Waals surface area contributed by atoms with E-state index in [0.29, 0.717) is 0 Å². The molecule has 5 nitrogen and oxygen atoms in total. The van der Waals surface area contributed by atoms with Gasteiger partial charge < -0.3 is 10.1 Å². The summed E-state index contributed by atoms with van der Waals surface area (Å²) in [6.07, 6.45) is -4.88. The number of ether oxygens (including phenoxy) is 1. The van der Waals surface area contributed by atoms with Crippen LogP contribution in [0.1, 0.15) is 15.9 Å². The standard InChI is InChI=1S/C20H13ClF4N2O3S/c21-15-9-11(22)7-8-16(15)30-17-6-2-5-14(20(23,24)25)18(17)19(28)27-12-3-1-4-13(10-12)31(26)29/h1-10H,26H2,(H,27,28). The van der Waals surface area contributed by atoms with Crippen LogP contribution in [0, 0.1) is 5.82 Å². The molecule has 0 aromatic heterocycles. The summed E-state index contributed by atoms with van der Waals surface area (Å²) >= 11 is 5.89. The lowest BCUT2D eigenvalue weighted by molar-refractivity contribution is -0.138. The van der Waals surface area contributed by atoms with Crippen molar-refractivity contribution >= 4 is 34.2 Å². The van der Waals surface area contributed by atoms with Gasteiger partial charge in [0.1, 0.15) is 28.3 Å². The molecule has 1 amide bonds. The van der Waals surface area contributed by atoms with Crippen molar-refractivity contribution in [2.45, 2.75) is 11.1 Å². The van der Waals surface area contributed by atoms with Crippen LogP contribution in [-0.4, -0.2) is 10.1 Å². The lowest BCUT2D eigenvalue weighted by atomic mass is 10.0. The van der Waals surface area contributed by atoms with Crippen LogP contribution in [0.5, 0.6) is 11.5 Å². The Morgan fingerprint density at radius 2 is 1.74 bits per heavy atom. The molecule has 0 saturated carbocycles. The predicted molar refractivity (Wildman–Crippen MR) is 108 cm³/mol. The number of nitrogens with two attached hydrogens (primary N) is 1. The second kappa shape index (κ2) is 9.04. The Hall–Kier alpha value is -2.95. The normalized spacial score (nSPS) is 12.3. The first-order valence-corrected chi connectivity index (χ1v) is 10.1. The molecule has 0 aliphatic rings. The molecule has 0 spiro atoms. The molecule has 1 unspecified atom stereocenters. The quantitative estimate of drug-likeness (QED) is 0.479. The molecule has 3 aromatic rings. The van der Waals surface area contributed by atoms with Gasteiger partial charge in [0.25, 0.3) is 5.91 Å². The van der Waals surface area contributed by atoms with E-state index in [9.17, 15) is 26.6 Å². The Labute approximate surface area is 181 Å². The molecule has 0 saturated heterocycles. The smallest absolute Gasteiger partial charge is 0.417 e. The van der Waals surface area contributed by atoms with E-state index in [1.54, 1.807) is 0 Å².